The maximum atomic E-state index is 13.8. The second kappa shape index (κ2) is 6.33. The van der Waals surface area contributed by atoms with E-state index in [-0.39, 0.29) is 21.5 Å². The van der Waals surface area contributed by atoms with Crippen molar-refractivity contribution in [3.63, 3.8) is 0 Å². The molecule has 0 unspecified atom stereocenters. The molecule has 5 nitrogen and oxygen atoms in total. The van der Waals surface area contributed by atoms with Gasteiger partial charge in [-0.2, -0.15) is 0 Å². The molecule has 1 amide bonds. The molecule has 0 saturated heterocycles. The van der Waals surface area contributed by atoms with Gasteiger partial charge in [-0.25, -0.2) is 12.8 Å². The van der Waals surface area contributed by atoms with Crippen molar-refractivity contribution in [3.8, 4) is 0 Å². The van der Waals surface area contributed by atoms with Crippen molar-refractivity contribution in [2.75, 3.05) is 11.8 Å². The fraction of sp³-hybridized carbons (Fsp3) is 0.0714. The van der Waals surface area contributed by atoms with E-state index in [2.05, 4.69) is 10.0 Å². The molecule has 0 aromatic heterocycles. The number of halogens is 2. The Labute approximate surface area is 132 Å². The highest BCUT2D eigenvalue weighted by molar-refractivity contribution is 7.92. The number of benzene rings is 2. The summed E-state index contributed by atoms with van der Waals surface area (Å²) in [6.45, 7) is 0. The number of nitrogens with one attached hydrogen (secondary N) is 2. The van der Waals surface area contributed by atoms with Gasteiger partial charge in [0.05, 0.1) is 15.6 Å². The lowest BCUT2D eigenvalue weighted by molar-refractivity contribution is 0.0963. The second-order valence-corrected chi connectivity index (χ2v) is 6.40. The van der Waals surface area contributed by atoms with Gasteiger partial charge in [0.1, 0.15) is 0 Å². The van der Waals surface area contributed by atoms with E-state index in [1.54, 1.807) is 0 Å². The highest BCUT2D eigenvalue weighted by Gasteiger charge is 2.17. The zero-order valence-corrected chi connectivity index (χ0v) is 13.0. The molecule has 0 atom stereocenters. The number of rotatable bonds is 4. The van der Waals surface area contributed by atoms with Gasteiger partial charge in [-0.1, -0.05) is 17.7 Å². The van der Waals surface area contributed by atoms with Crippen LogP contribution in [-0.4, -0.2) is 21.4 Å². The van der Waals surface area contributed by atoms with E-state index in [0.717, 1.165) is 0 Å². The molecule has 0 aliphatic carbocycles. The highest BCUT2D eigenvalue weighted by atomic mass is 35.5. The first-order valence-electron chi connectivity index (χ1n) is 6.14. The maximum absolute atomic E-state index is 13.8. The van der Waals surface area contributed by atoms with Crippen LogP contribution in [0.2, 0.25) is 5.02 Å². The molecule has 22 heavy (non-hydrogen) atoms. The van der Waals surface area contributed by atoms with Crippen LogP contribution in [-0.2, 0) is 10.0 Å². The molecule has 0 heterocycles. The Bertz CT molecular complexity index is 807. The molecule has 0 saturated carbocycles. The Morgan fingerprint density at radius 1 is 1.14 bits per heavy atom. The molecule has 2 aromatic rings. The Morgan fingerprint density at radius 3 is 2.36 bits per heavy atom. The lowest BCUT2D eigenvalue weighted by Gasteiger charge is -2.10. The summed E-state index contributed by atoms with van der Waals surface area (Å²) < 4.78 is 40.3. The number of anilines is 1. The van der Waals surface area contributed by atoms with Crippen LogP contribution in [0.3, 0.4) is 0 Å². The van der Waals surface area contributed by atoms with Crippen LogP contribution >= 0.6 is 11.6 Å². The van der Waals surface area contributed by atoms with Gasteiger partial charge in [0.2, 0.25) is 0 Å². The normalized spacial score (nSPS) is 11.0. The molecule has 116 valence electrons. The fourth-order valence-electron chi connectivity index (χ4n) is 1.72. The molecule has 0 bridgehead atoms. The van der Waals surface area contributed by atoms with Crippen molar-refractivity contribution in [2.45, 2.75) is 4.90 Å². The van der Waals surface area contributed by atoms with Gasteiger partial charge in [0.25, 0.3) is 15.9 Å². The van der Waals surface area contributed by atoms with Gasteiger partial charge in [0, 0.05) is 12.6 Å². The van der Waals surface area contributed by atoms with Crippen LogP contribution < -0.4 is 10.0 Å². The number of hydrogen-bond acceptors (Lipinski definition) is 3. The molecule has 2 rings (SSSR count). The van der Waals surface area contributed by atoms with Crippen LogP contribution in [0, 0.1) is 5.82 Å². The summed E-state index contributed by atoms with van der Waals surface area (Å²) in [7, 11) is -2.51. The van der Waals surface area contributed by atoms with Gasteiger partial charge < -0.3 is 5.32 Å². The SMILES string of the molecule is CNC(=O)c1ccc(S(=O)(=O)Nc2cccc(Cl)c2F)cc1. The molecular formula is C14H12ClFN2O3S. The molecule has 0 aliphatic heterocycles. The zero-order valence-electron chi connectivity index (χ0n) is 11.4. The minimum Gasteiger partial charge on any atom is -0.355 e. The first kappa shape index (κ1) is 16.3. The van der Waals surface area contributed by atoms with E-state index in [0.29, 0.717) is 5.56 Å². The Balaban J connectivity index is 2.31. The van der Waals surface area contributed by atoms with Gasteiger partial charge >= 0.3 is 0 Å². The van der Waals surface area contributed by atoms with Crippen molar-refractivity contribution in [2.24, 2.45) is 0 Å². The van der Waals surface area contributed by atoms with Gasteiger partial charge in [-0.15, -0.1) is 0 Å². The average Bonchev–Trinajstić information content (AvgIpc) is 2.51. The third kappa shape index (κ3) is 3.37. The summed E-state index contributed by atoms with van der Waals surface area (Å²) >= 11 is 5.61. The third-order valence-corrected chi connectivity index (χ3v) is 4.52. The van der Waals surface area contributed by atoms with Crippen LogP contribution in [0.5, 0.6) is 0 Å². The number of amides is 1. The second-order valence-electron chi connectivity index (χ2n) is 4.31. The monoisotopic (exact) mass is 342 g/mol. The predicted molar refractivity (Wildman–Crippen MR) is 82.1 cm³/mol. The maximum Gasteiger partial charge on any atom is 0.261 e. The van der Waals surface area contributed by atoms with Crippen LogP contribution in [0.4, 0.5) is 10.1 Å². The smallest absolute Gasteiger partial charge is 0.261 e. The van der Waals surface area contributed by atoms with E-state index in [1.807, 2.05) is 0 Å². The average molecular weight is 343 g/mol. The quantitative estimate of drug-likeness (QED) is 0.897. The topological polar surface area (TPSA) is 75.3 Å². The number of carbonyl (C=O) groups excluding carboxylic acids is 1. The van der Waals surface area contributed by atoms with Gasteiger partial charge in [0.15, 0.2) is 5.82 Å². The molecule has 0 aliphatic rings. The molecule has 0 radical (unpaired) electrons. The zero-order chi connectivity index (χ0) is 16.3. The lowest BCUT2D eigenvalue weighted by Crippen LogP contribution is -2.18. The first-order valence-corrected chi connectivity index (χ1v) is 8.00. The van der Waals surface area contributed by atoms with Gasteiger partial charge in [-0.05, 0) is 36.4 Å². The highest BCUT2D eigenvalue weighted by Crippen LogP contribution is 2.24. The minimum absolute atomic E-state index is 0.0977. The largest absolute Gasteiger partial charge is 0.355 e. The summed E-state index contributed by atoms with van der Waals surface area (Å²) in [5.74, 6) is -1.19. The van der Waals surface area contributed by atoms with E-state index < -0.39 is 15.8 Å². The number of hydrogen-bond donors (Lipinski definition) is 2. The van der Waals surface area contributed by atoms with Crippen molar-refractivity contribution in [3.05, 3.63) is 58.9 Å². The van der Waals surface area contributed by atoms with Crippen molar-refractivity contribution >= 4 is 33.2 Å². The molecular weight excluding hydrogens is 331 g/mol. The van der Waals surface area contributed by atoms with Crippen LogP contribution in [0.25, 0.3) is 0 Å². The van der Waals surface area contributed by atoms with Crippen molar-refractivity contribution in [1.82, 2.24) is 5.32 Å². The Morgan fingerprint density at radius 2 is 1.77 bits per heavy atom. The van der Waals surface area contributed by atoms with E-state index in [1.165, 1.54) is 49.5 Å². The first-order chi connectivity index (χ1) is 10.3. The molecule has 0 spiro atoms. The van der Waals surface area contributed by atoms with Crippen LogP contribution in [0.15, 0.2) is 47.4 Å². The summed E-state index contributed by atoms with van der Waals surface area (Å²) in [4.78, 5) is 11.3. The molecule has 2 N–H and O–H groups in total. The van der Waals surface area contributed by atoms with Crippen molar-refractivity contribution < 1.29 is 17.6 Å². The molecule has 2 aromatic carbocycles. The lowest BCUT2D eigenvalue weighted by atomic mass is 10.2. The van der Waals surface area contributed by atoms with E-state index in [4.69, 9.17) is 11.6 Å². The standard InChI is InChI=1S/C14H12ClFN2O3S/c1-17-14(19)9-5-7-10(8-6-9)22(20,21)18-12-4-2-3-11(15)13(12)16/h2-8,18H,1H3,(H,17,19). The summed E-state index contributed by atoms with van der Waals surface area (Å²) in [5.41, 5.74) is 0.0678. The summed E-state index contributed by atoms with van der Waals surface area (Å²) in [5, 5.41) is 2.24. The Hall–Kier alpha value is -2.12. The summed E-state index contributed by atoms with van der Waals surface area (Å²) in [6, 6.07) is 9.25. The van der Waals surface area contributed by atoms with Crippen LogP contribution in [0.1, 0.15) is 10.4 Å². The van der Waals surface area contributed by atoms with Gasteiger partial charge in [-0.3, -0.25) is 9.52 Å². The Kier molecular flexibility index (Phi) is 4.68. The summed E-state index contributed by atoms with van der Waals surface area (Å²) in [6.07, 6.45) is 0. The molecule has 0 fully saturated rings. The predicted octanol–water partition coefficient (Wildman–Crippen LogP) is 2.64. The third-order valence-electron chi connectivity index (χ3n) is 2.85. The minimum atomic E-state index is -3.98. The van der Waals surface area contributed by atoms with E-state index >= 15 is 0 Å². The number of carbonyl (C=O) groups is 1. The fourth-order valence-corrected chi connectivity index (χ4v) is 2.95. The molecule has 8 heteroatoms. The van der Waals surface area contributed by atoms with Crippen molar-refractivity contribution in [1.29, 1.82) is 0 Å². The van der Waals surface area contributed by atoms with E-state index in [9.17, 15) is 17.6 Å². The number of sulfonamides is 1.